The molecule has 0 spiro atoms. The van der Waals surface area contributed by atoms with Gasteiger partial charge in [0.25, 0.3) is 5.91 Å². The Labute approximate surface area is 106 Å². The first-order chi connectivity index (χ1) is 7.99. The number of hydrogen-bond acceptors (Lipinski definition) is 2. The van der Waals surface area contributed by atoms with Crippen molar-refractivity contribution in [2.45, 2.75) is 32.4 Å². The predicted octanol–water partition coefficient (Wildman–Crippen LogP) is 1.93. The number of likely N-dealkylation sites (tertiary alicyclic amines) is 1. The van der Waals surface area contributed by atoms with Crippen LogP contribution in [0.15, 0.2) is 12.3 Å². The molecule has 1 saturated heterocycles. The fourth-order valence-electron chi connectivity index (χ4n) is 2.13. The van der Waals surface area contributed by atoms with E-state index in [2.05, 4.69) is 0 Å². The van der Waals surface area contributed by atoms with Crippen molar-refractivity contribution < 1.29 is 9.90 Å². The van der Waals surface area contributed by atoms with Crippen molar-refractivity contribution in [3.8, 4) is 0 Å². The summed E-state index contributed by atoms with van der Waals surface area (Å²) in [5.41, 5.74) is 0.596. The van der Waals surface area contributed by atoms with Crippen LogP contribution in [0.3, 0.4) is 0 Å². The van der Waals surface area contributed by atoms with Crippen LogP contribution in [0.25, 0.3) is 0 Å². The molecule has 1 aliphatic heterocycles. The average Bonchev–Trinajstić information content (AvgIpc) is 2.83. The summed E-state index contributed by atoms with van der Waals surface area (Å²) in [7, 11) is 0. The number of amides is 1. The lowest BCUT2D eigenvalue weighted by molar-refractivity contribution is 0.0753. The Bertz CT molecular complexity index is 428. The first kappa shape index (κ1) is 12.5. The van der Waals surface area contributed by atoms with Gasteiger partial charge < -0.3 is 14.6 Å². The van der Waals surface area contributed by atoms with Gasteiger partial charge in [-0.15, -0.1) is 0 Å². The van der Waals surface area contributed by atoms with Crippen LogP contribution in [0.4, 0.5) is 0 Å². The summed E-state index contributed by atoms with van der Waals surface area (Å²) in [6.45, 7) is 5.04. The Hall–Kier alpha value is -1.00. The van der Waals surface area contributed by atoms with Crippen molar-refractivity contribution in [2.75, 3.05) is 13.1 Å². The van der Waals surface area contributed by atoms with Crippen molar-refractivity contribution >= 4 is 17.5 Å². The zero-order chi connectivity index (χ0) is 12.6. The van der Waals surface area contributed by atoms with E-state index in [1.54, 1.807) is 17.2 Å². The highest BCUT2D eigenvalue weighted by Crippen LogP contribution is 2.22. The van der Waals surface area contributed by atoms with E-state index in [1.165, 1.54) is 0 Å². The highest BCUT2D eigenvalue weighted by molar-refractivity contribution is 6.31. The van der Waals surface area contributed by atoms with Gasteiger partial charge in [0.2, 0.25) is 0 Å². The van der Waals surface area contributed by atoms with E-state index in [-0.39, 0.29) is 11.9 Å². The second-order valence-electron chi connectivity index (χ2n) is 4.74. The smallest absolute Gasteiger partial charge is 0.270 e. The van der Waals surface area contributed by atoms with E-state index < -0.39 is 6.10 Å². The normalized spacial score (nSPS) is 20.3. The van der Waals surface area contributed by atoms with Gasteiger partial charge in [-0.1, -0.05) is 11.6 Å². The minimum atomic E-state index is -0.392. The number of halogens is 1. The summed E-state index contributed by atoms with van der Waals surface area (Å²) in [5, 5.41) is 10.0. The molecule has 0 saturated carbocycles. The number of hydrogen-bond donors (Lipinski definition) is 1. The Balaban J connectivity index is 2.24. The second-order valence-corrected chi connectivity index (χ2v) is 5.17. The molecule has 1 fully saturated rings. The molecule has 1 aliphatic rings. The maximum atomic E-state index is 12.3. The van der Waals surface area contributed by atoms with Crippen LogP contribution in [-0.4, -0.2) is 39.7 Å². The SMILES string of the molecule is CC(C)n1cc(Cl)cc1C(=O)N1CC[C@@H](O)C1. The average molecular weight is 257 g/mol. The summed E-state index contributed by atoms with van der Waals surface area (Å²) in [6, 6.07) is 1.88. The molecule has 4 nitrogen and oxygen atoms in total. The van der Waals surface area contributed by atoms with Crippen LogP contribution in [-0.2, 0) is 0 Å². The van der Waals surface area contributed by atoms with Crippen molar-refractivity contribution in [1.82, 2.24) is 9.47 Å². The van der Waals surface area contributed by atoms with Crippen LogP contribution in [0, 0.1) is 0 Å². The molecular formula is C12H17ClN2O2. The zero-order valence-electron chi connectivity index (χ0n) is 10.1. The molecule has 1 aromatic rings. The Morgan fingerprint density at radius 1 is 1.59 bits per heavy atom. The number of aromatic nitrogens is 1. The van der Waals surface area contributed by atoms with E-state index in [1.807, 2.05) is 18.4 Å². The van der Waals surface area contributed by atoms with Crippen LogP contribution in [0.2, 0.25) is 5.02 Å². The lowest BCUT2D eigenvalue weighted by Crippen LogP contribution is -2.31. The molecule has 1 amide bonds. The van der Waals surface area contributed by atoms with Gasteiger partial charge in [-0.2, -0.15) is 0 Å². The maximum Gasteiger partial charge on any atom is 0.270 e. The highest BCUT2D eigenvalue weighted by Gasteiger charge is 2.27. The minimum Gasteiger partial charge on any atom is -0.391 e. The number of carbonyl (C=O) groups excluding carboxylic acids is 1. The molecule has 0 unspecified atom stereocenters. The Kier molecular flexibility index (Phi) is 3.45. The lowest BCUT2D eigenvalue weighted by Gasteiger charge is -2.18. The van der Waals surface area contributed by atoms with Gasteiger partial charge in [0.15, 0.2) is 0 Å². The Morgan fingerprint density at radius 2 is 2.29 bits per heavy atom. The molecule has 0 radical (unpaired) electrons. The second kappa shape index (κ2) is 4.70. The van der Waals surface area contributed by atoms with Crippen LogP contribution in [0.5, 0.6) is 0 Å². The lowest BCUT2D eigenvalue weighted by atomic mass is 10.3. The van der Waals surface area contributed by atoms with Crippen molar-refractivity contribution in [1.29, 1.82) is 0 Å². The monoisotopic (exact) mass is 256 g/mol. The summed E-state index contributed by atoms with van der Waals surface area (Å²) in [4.78, 5) is 13.9. The summed E-state index contributed by atoms with van der Waals surface area (Å²) in [6.07, 6.45) is 2.03. The van der Waals surface area contributed by atoms with E-state index >= 15 is 0 Å². The number of aliphatic hydroxyl groups excluding tert-OH is 1. The van der Waals surface area contributed by atoms with Crippen LogP contribution < -0.4 is 0 Å². The van der Waals surface area contributed by atoms with Crippen LogP contribution in [0.1, 0.15) is 36.8 Å². The van der Waals surface area contributed by atoms with E-state index in [0.29, 0.717) is 30.2 Å². The predicted molar refractivity (Wildman–Crippen MR) is 66.4 cm³/mol. The molecule has 1 atom stereocenters. The molecular weight excluding hydrogens is 240 g/mol. The van der Waals surface area contributed by atoms with Gasteiger partial charge in [-0.25, -0.2) is 0 Å². The number of carbonyl (C=O) groups is 1. The molecule has 5 heteroatoms. The van der Waals surface area contributed by atoms with E-state index in [9.17, 15) is 9.90 Å². The number of aliphatic hydroxyl groups is 1. The molecule has 2 rings (SSSR count). The topological polar surface area (TPSA) is 45.5 Å². The summed E-state index contributed by atoms with van der Waals surface area (Å²) >= 11 is 5.95. The molecule has 0 aliphatic carbocycles. The van der Waals surface area contributed by atoms with Crippen molar-refractivity contribution in [3.05, 3.63) is 23.0 Å². The molecule has 1 aromatic heterocycles. The van der Waals surface area contributed by atoms with Gasteiger partial charge in [0, 0.05) is 25.3 Å². The molecule has 2 heterocycles. The molecule has 1 N–H and O–H groups in total. The third-order valence-corrected chi connectivity index (χ3v) is 3.25. The van der Waals surface area contributed by atoms with Gasteiger partial charge in [0.05, 0.1) is 11.1 Å². The minimum absolute atomic E-state index is 0.0536. The summed E-state index contributed by atoms with van der Waals surface area (Å²) in [5.74, 6) is -0.0536. The standard InChI is InChI=1S/C12H17ClN2O2/c1-8(2)15-6-9(13)5-11(15)12(17)14-4-3-10(16)7-14/h5-6,8,10,16H,3-4,7H2,1-2H3/t10-/m1/s1. The first-order valence-corrected chi connectivity index (χ1v) is 6.21. The van der Waals surface area contributed by atoms with Crippen molar-refractivity contribution in [3.63, 3.8) is 0 Å². The Morgan fingerprint density at radius 3 is 2.82 bits per heavy atom. The molecule has 0 bridgehead atoms. The third-order valence-electron chi connectivity index (χ3n) is 3.04. The number of nitrogens with zero attached hydrogens (tertiary/aromatic N) is 2. The largest absolute Gasteiger partial charge is 0.391 e. The van der Waals surface area contributed by atoms with E-state index in [0.717, 1.165) is 0 Å². The summed E-state index contributed by atoms with van der Waals surface area (Å²) < 4.78 is 1.87. The number of rotatable bonds is 2. The zero-order valence-corrected chi connectivity index (χ0v) is 10.8. The van der Waals surface area contributed by atoms with Crippen LogP contribution >= 0.6 is 11.6 Å². The van der Waals surface area contributed by atoms with Gasteiger partial charge in [-0.3, -0.25) is 4.79 Å². The van der Waals surface area contributed by atoms with Crippen molar-refractivity contribution in [2.24, 2.45) is 0 Å². The maximum absolute atomic E-state index is 12.3. The van der Waals surface area contributed by atoms with Gasteiger partial charge in [-0.05, 0) is 26.3 Å². The quantitative estimate of drug-likeness (QED) is 0.879. The van der Waals surface area contributed by atoms with Gasteiger partial charge >= 0.3 is 0 Å². The van der Waals surface area contributed by atoms with Gasteiger partial charge in [0.1, 0.15) is 5.69 Å². The highest BCUT2D eigenvalue weighted by atomic mass is 35.5. The molecule has 94 valence electrons. The first-order valence-electron chi connectivity index (χ1n) is 5.83. The fraction of sp³-hybridized carbons (Fsp3) is 0.583. The number of β-amino-alcohol motifs (C(OH)–C–C–N with tert-alkyl or cyclic N) is 1. The molecule has 17 heavy (non-hydrogen) atoms. The fourth-order valence-corrected chi connectivity index (χ4v) is 2.34. The van der Waals surface area contributed by atoms with E-state index in [4.69, 9.17) is 11.6 Å². The third kappa shape index (κ3) is 2.48. The molecule has 0 aromatic carbocycles.